The van der Waals surface area contributed by atoms with Crippen LogP contribution in [0.5, 0.6) is 0 Å². The predicted octanol–water partition coefficient (Wildman–Crippen LogP) is 3.80. The molecule has 7 heteroatoms. The molecule has 0 unspecified atom stereocenters. The van der Waals surface area contributed by atoms with Gasteiger partial charge in [0, 0.05) is 36.9 Å². The lowest BCUT2D eigenvalue weighted by Gasteiger charge is -2.35. The molecule has 0 aliphatic heterocycles. The quantitative estimate of drug-likeness (QED) is 0.206. The van der Waals surface area contributed by atoms with Gasteiger partial charge >= 0.3 is 11.9 Å². The number of quaternary nitrogens is 1. The maximum atomic E-state index is 13.3. The Morgan fingerprint density at radius 3 is 2.35 bits per heavy atom. The maximum absolute atomic E-state index is 13.3. The lowest BCUT2D eigenvalue weighted by molar-refractivity contribution is -0.478. The molecule has 0 fully saturated rings. The second kappa shape index (κ2) is 10.9. The molecular weight excluding hydrogens is 433 g/mol. The number of amides is 1. The third-order valence-electron chi connectivity index (χ3n) is 5.78. The van der Waals surface area contributed by atoms with Crippen molar-refractivity contribution in [1.82, 2.24) is 5.32 Å². The first-order valence-corrected chi connectivity index (χ1v) is 10.9. The van der Waals surface area contributed by atoms with Gasteiger partial charge < -0.3 is 15.5 Å². The first-order valence-electron chi connectivity index (χ1n) is 10.9. The molecule has 0 radical (unpaired) electrons. The molecule has 1 atom stereocenters. The van der Waals surface area contributed by atoms with Gasteiger partial charge in [-0.3, -0.25) is 10.1 Å². The standard InChI is InChI=1S/C27H28FN3O3/c1-27(2,17-30-25(32)26(33)34-3)24(18-7-5-4-6-8-18)19-9-14-23(20(15-19)16-29)31-22-12-10-21(28)11-13-22/h4-16,24,29,31H,17H2,1-3H3,(H,30,32)/p+1/t24-/m1/s1. The van der Waals surface area contributed by atoms with E-state index in [0.29, 0.717) is 0 Å². The van der Waals surface area contributed by atoms with Gasteiger partial charge in [-0.2, -0.15) is 0 Å². The van der Waals surface area contributed by atoms with Gasteiger partial charge in [0.05, 0.1) is 12.7 Å². The number of rotatable bonds is 8. The molecule has 0 saturated heterocycles. The molecule has 0 spiro atoms. The Balaban J connectivity index is 1.96. The van der Waals surface area contributed by atoms with Crippen molar-refractivity contribution in [2.45, 2.75) is 19.8 Å². The highest BCUT2D eigenvalue weighted by Gasteiger charge is 2.34. The molecule has 3 aromatic rings. The van der Waals surface area contributed by atoms with Crippen molar-refractivity contribution in [2.24, 2.45) is 5.41 Å². The van der Waals surface area contributed by atoms with E-state index in [1.807, 2.05) is 67.7 Å². The number of nitrogens with one attached hydrogen (secondary N) is 2. The number of hydrogen-bond donors (Lipinski definition) is 3. The van der Waals surface area contributed by atoms with Crippen LogP contribution in [0.2, 0.25) is 0 Å². The fourth-order valence-corrected chi connectivity index (χ4v) is 4.08. The van der Waals surface area contributed by atoms with Crippen LogP contribution in [0, 0.1) is 16.6 Å². The fraction of sp³-hybridized carbons (Fsp3) is 0.222. The highest BCUT2D eigenvalue weighted by atomic mass is 19.1. The van der Waals surface area contributed by atoms with Crippen LogP contribution in [-0.2, 0) is 14.3 Å². The van der Waals surface area contributed by atoms with Crippen LogP contribution in [0.3, 0.4) is 0 Å². The molecule has 176 valence electrons. The molecule has 0 bridgehead atoms. The SMILES string of the molecule is COC(=O)C(=O)NCC(C)(C)[C@H](c1ccccc1)c1ccc([NH2+]c2ccc(F)cc2)c(C=N)c1. The summed E-state index contributed by atoms with van der Waals surface area (Å²) >= 11 is 0. The number of esters is 1. The number of nitrogens with two attached hydrogens (primary N) is 1. The molecule has 1 amide bonds. The second-order valence-corrected chi connectivity index (χ2v) is 8.74. The van der Waals surface area contributed by atoms with Gasteiger partial charge in [-0.25, -0.2) is 9.18 Å². The van der Waals surface area contributed by atoms with E-state index in [1.165, 1.54) is 25.5 Å². The Hall–Kier alpha value is -3.84. The number of methoxy groups -OCH3 is 1. The Morgan fingerprint density at radius 1 is 1.06 bits per heavy atom. The number of hydrogen-bond acceptors (Lipinski definition) is 4. The topological polar surface area (TPSA) is 95.9 Å². The molecule has 0 saturated carbocycles. The highest BCUT2D eigenvalue weighted by Crippen LogP contribution is 2.41. The van der Waals surface area contributed by atoms with Crippen LogP contribution < -0.4 is 10.6 Å². The summed E-state index contributed by atoms with van der Waals surface area (Å²) < 4.78 is 17.8. The molecule has 4 N–H and O–H groups in total. The van der Waals surface area contributed by atoms with E-state index in [-0.39, 0.29) is 18.3 Å². The van der Waals surface area contributed by atoms with Crippen molar-refractivity contribution < 1.29 is 24.0 Å². The number of carbonyl (C=O) groups excluding carboxylic acids is 2. The Kier molecular flexibility index (Phi) is 7.91. The number of ether oxygens (including phenoxy) is 1. The number of halogens is 1. The zero-order valence-corrected chi connectivity index (χ0v) is 19.5. The molecule has 0 heterocycles. The van der Waals surface area contributed by atoms with Crippen LogP contribution in [0.25, 0.3) is 0 Å². The predicted molar refractivity (Wildman–Crippen MR) is 129 cm³/mol. The zero-order chi connectivity index (χ0) is 24.7. The monoisotopic (exact) mass is 462 g/mol. The lowest BCUT2D eigenvalue weighted by Crippen LogP contribution is -2.71. The van der Waals surface area contributed by atoms with Crippen LogP contribution in [0.1, 0.15) is 36.5 Å². The van der Waals surface area contributed by atoms with Crippen LogP contribution in [-0.4, -0.2) is 31.7 Å². The largest absolute Gasteiger partial charge is 0.462 e. The first-order chi connectivity index (χ1) is 16.2. The maximum Gasteiger partial charge on any atom is 0.396 e. The third kappa shape index (κ3) is 5.94. The summed E-state index contributed by atoms with van der Waals surface area (Å²) in [4.78, 5) is 23.6. The minimum absolute atomic E-state index is 0.134. The van der Waals surface area contributed by atoms with Crippen molar-refractivity contribution in [3.05, 3.63) is 95.3 Å². The molecule has 3 aromatic carbocycles. The van der Waals surface area contributed by atoms with Crippen LogP contribution >= 0.6 is 0 Å². The van der Waals surface area contributed by atoms with Crippen molar-refractivity contribution in [3.63, 3.8) is 0 Å². The Bertz CT molecular complexity index is 1160. The smallest absolute Gasteiger partial charge is 0.396 e. The van der Waals surface area contributed by atoms with E-state index < -0.39 is 17.3 Å². The molecule has 0 aliphatic carbocycles. The highest BCUT2D eigenvalue weighted by molar-refractivity contribution is 6.32. The van der Waals surface area contributed by atoms with Crippen molar-refractivity contribution >= 4 is 29.5 Å². The van der Waals surface area contributed by atoms with E-state index in [9.17, 15) is 14.0 Å². The summed E-state index contributed by atoms with van der Waals surface area (Å²) in [7, 11) is 1.17. The average molecular weight is 463 g/mol. The lowest BCUT2D eigenvalue weighted by atomic mass is 9.71. The van der Waals surface area contributed by atoms with Gasteiger partial charge in [0.1, 0.15) is 17.2 Å². The molecule has 34 heavy (non-hydrogen) atoms. The molecule has 6 nitrogen and oxygen atoms in total. The summed E-state index contributed by atoms with van der Waals surface area (Å²) in [6, 6.07) is 22.0. The van der Waals surface area contributed by atoms with Gasteiger partial charge in [0.15, 0.2) is 0 Å². The minimum Gasteiger partial charge on any atom is -0.462 e. The zero-order valence-electron chi connectivity index (χ0n) is 19.5. The average Bonchev–Trinajstić information content (AvgIpc) is 2.84. The van der Waals surface area contributed by atoms with E-state index >= 15 is 0 Å². The molecule has 0 aliphatic rings. The first kappa shape index (κ1) is 24.8. The summed E-state index contributed by atoms with van der Waals surface area (Å²) in [5.74, 6) is -2.15. The van der Waals surface area contributed by atoms with Gasteiger partial charge in [-0.15, -0.1) is 0 Å². The Morgan fingerprint density at radius 2 is 1.74 bits per heavy atom. The van der Waals surface area contributed by atoms with Gasteiger partial charge in [-0.1, -0.05) is 50.2 Å². The molecule has 3 rings (SSSR count). The molecular formula is C27H29FN3O3+. The van der Waals surface area contributed by atoms with Crippen LogP contribution in [0.4, 0.5) is 15.8 Å². The van der Waals surface area contributed by atoms with Crippen molar-refractivity contribution in [1.29, 1.82) is 5.41 Å². The van der Waals surface area contributed by atoms with Gasteiger partial charge in [0.25, 0.3) is 0 Å². The molecule has 0 aromatic heterocycles. The van der Waals surface area contributed by atoms with Gasteiger partial charge in [-0.05, 0) is 34.7 Å². The third-order valence-corrected chi connectivity index (χ3v) is 5.78. The number of benzene rings is 3. The summed E-state index contributed by atoms with van der Waals surface area (Å²) in [5, 5.41) is 12.6. The second-order valence-electron chi connectivity index (χ2n) is 8.74. The van der Waals surface area contributed by atoms with E-state index in [2.05, 4.69) is 10.1 Å². The van der Waals surface area contributed by atoms with Crippen LogP contribution in [0.15, 0.2) is 72.8 Å². The fourth-order valence-electron chi connectivity index (χ4n) is 4.08. The minimum atomic E-state index is -0.932. The van der Waals surface area contributed by atoms with Gasteiger partial charge in [0.2, 0.25) is 0 Å². The Labute approximate surface area is 198 Å². The summed E-state index contributed by atoms with van der Waals surface area (Å²) in [5.41, 5.74) is 3.94. The summed E-state index contributed by atoms with van der Waals surface area (Å²) in [6.07, 6.45) is 1.30. The van der Waals surface area contributed by atoms with E-state index in [1.54, 1.807) is 12.1 Å². The summed E-state index contributed by atoms with van der Waals surface area (Å²) in [6.45, 7) is 4.28. The van der Waals surface area contributed by atoms with E-state index in [0.717, 1.165) is 28.1 Å². The number of carbonyl (C=O) groups is 2. The van der Waals surface area contributed by atoms with Crippen molar-refractivity contribution in [2.75, 3.05) is 13.7 Å². The van der Waals surface area contributed by atoms with E-state index in [4.69, 9.17) is 5.41 Å². The van der Waals surface area contributed by atoms with Crippen molar-refractivity contribution in [3.8, 4) is 0 Å². The normalized spacial score (nSPS) is 12.0.